The molecule has 0 saturated heterocycles. The van der Waals surface area contributed by atoms with Crippen LogP contribution in [0.3, 0.4) is 0 Å². The molecule has 1 N–H and O–H groups in total. The summed E-state index contributed by atoms with van der Waals surface area (Å²) in [6.07, 6.45) is 6.83. The highest BCUT2D eigenvalue weighted by Crippen LogP contribution is 1.88. The number of hydrogen-bond acceptors (Lipinski definition) is 4. The van der Waals surface area contributed by atoms with E-state index in [4.69, 9.17) is 0 Å². The lowest BCUT2D eigenvalue weighted by Crippen LogP contribution is -2.19. The summed E-state index contributed by atoms with van der Waals surface area (Å²) in [4.78, 5) is 0. The maximum atomic E-state index is 3.88. The first kappa shape index (κ1) is 10.5. The summed E-state index contributed by atoms with van der Waals surface area (Å²) < 4.78 is 1.86. The van der Waals surface area contributed by atoms with Crippen LogP contribution < -0.4 is 5.32 Å². The van der Waals surface area contributed by atoms with Gasteiger partial charge in [0.1, 0.15) is 0 Å². The predicted molar refractivity (Wildman–Crippen MR) is 55.9 cm³/mol. The molecule has 4 nitrogen and oxygen atoms in total. The minimum atomic E-state index is 0.951. The molecular weight excluding hydrogens is 184 g/mol. The second-order valence-electron chi connectivity index (χ2n) is 2.76. The molecule has 5 heteroatoms. The Hall–Kier alpha value is -0.550. The zero-order chi connectivity index (χ0) is 9.36. The molecule has 0 saturated carbocycles. The molecule has 1 rings (SSSR count). The van der Waals surface area contributed by atoms with Crippen LogP contribution in [0.2, 0.25) is 0 Å². The van der Waals surface area contributed by atoms with Crippen LogP contribution in [0.25, 0.3) is 0 Å². The van der Waals surface area contributed by atoms with Gasteiger partial charge in [-0.1, -0.05) is 5.21 Å². The molecule has 0 fully saturated rings. The molecule has 0 aliphatic carbocycles. The molecule has 0 radical (unpaired) electrons. The van der Waals surface area contributed by atoms with Crippen LogP contribution in [0.5, 0.6) is 0 Å². The molecule has 0 aliphatic rings. The minimum Gasteiger partial charge on any atom is -0.316 e. The van der Waals surface area contributed by atoms with Gasteiger partial charge in [0.25, 0.3) is 0 Å². The first-order chi connectivity index (χ1) is 6.43. The quantitative estimate of drug-likeness (QED) is 0.655. The standard InChI is InChI=1S/C8H16N4S/c1-13-8-5-9-3-2-6-12-7-4-10-11-12/h4,7,9H,2-3,5-6,8H2,1H3. The number of rotatable bonds is 7. The molecule has 0 aromatic carbocycles. The lowest BCUT2D eigenvalue weighted by atomic mass is 10.4. The number of nitrogens with zero attached hydrogens (tertiary/aromatic N) is 3. The highest BCUT2D eigenvalue weighted by atomic mass is 32.2. The number of hydrogen-bond donors (Lipinski definition) is 1. The summed E-state index contributed by atoms with van der Waals surface area (Å²) >= 11 is 1.87. The first-order valence-electron chi connectivity index (χ1n) is 4.47. The van der Waals surface area contributed by atoms with E-state index in [1.807, 2.05) is 22.6 Å². The van der Waals surface area contributed by atoms with Crippen LogP contribution >= 0.6 is 11.8 Å². The van der Waals surface area contributed by atoms with E-state index in [1.165, 1.54) is 5.75 Å². The monoisotopic (exact) mass is 200 g/mol. The van der Waals surface area contributed by atoms with Crippen molar-refractivity contribution in [3.63, 3.8) is 0 Å². The van der Waals surface area contributed by atoms with Crippen LogP contribution in [-0.4, -0.2) is 40.1 Å². The molecule has 0 aliphatic heterocycles. The van der Waals surface area contributed by atoms with Crippen LogP contribution in [-0.2, 0) is 6.54 Å². The van der Waals surface area contributed by atoms with Crippen molar-refractivity contribution in [1.82, 2.24) is 20.3 Å². The van der Waals surface area contributed by atoms with Gasteiger partial charge in [-0.15, -0.1) is 5.10 Å². The molecular formula is C8H16N4S. The van der Waals surface area contributed by atoms with Crippen LogP contribution in [0, 0.1) is 0 Å². The number of nitrogens with one attached hydrogen (secondary N) is 1. The van der Waals surface area contributed by atoms with Crippen molar-refractivity contribution in [2.45, 2.75) is 13.0 Å². The van der Waals surface area contributed by atoms with Gasteiger partial charge in [0.2, 0.25) is 0 Å². The smallest absolute Gasteiger partial charge is 0.0692 e. The van der Waals surface area contributed by atoms with Crippen molar-refractivity contribution >= 4 is 11.8 Å². The molecule has 74 valence electrons. The van der Waals surface area contributed by atoms with E-state index >= 15 is 0 Å². The predicted octanol–water partition coefficient (Wildman–Crippen LogP) is 0.621. The van der Waals surface area contributed by atoms with E-state index in [2.05, 4.69) is 21.9 Å². The fraction of sp³-hybridized carbons (Fsp3) is 0.750. The highest BCUT2D eigenvalue weighted by molar-refractivity contribution is 7.98. The van der Waals surface area contributed by atoms with E-state index in [0.29, 0.717) is 0 Å². The van der Waals surface area contributed by atoms with Crippen LogP contribution in [0.15, 0.2) is 12.4 Å². The van der Waals surface area contributed by atoms with Gasteiger partial charge < -0.3 is 5.32 Å². The zero-order valence-corrected chi connectivity index (χ0v) is 8.76. The summed E-state index contributed by atoms with van der Waals surface area (Å²) in [7, 11) is 0. The van der Waals surface area contributed by atoms with E-state index < -0.39 is 0 Å². The van der Waals surface area contributed by atoms with Crippen molar-refractivity contribution in [3.05, 3.63) is 12.4 Å². The van der Waals surface area contributed by atoms with E-state index in [9.17, 15) is 0 Å². The molecule has 13 heavy (non-hydrogen) atoms. The molecule has 1 aromatic heterocycles. The fourth-order valence-corrected chi connectivity index (χ4v) is 1.37. The Morgan fingerprint density at radius 1 is 1.46 bits per heavy atom. The second kappa shape index (κ2) is 6.91. The largest absolute Gasteiger partial charge is 0.316 e. The molecule has 1 heterocycles. The maximum absolute atomic E-state index is 3.88. The third-order valence-electron chi connectivity index (χ3n) is 1.70. The van der Waals surface area contributed by atoms with E-state index in [0.717, 1.165) is 26.1 Å². The van der Waals surface area contributed by atoms with Crippen molar-refractivity contribution in [2.24, 2.45) is 0 Å². The van der Waals surface area contributed by atoms with Gasteiger partial charge in [0, 0.05) is 25.0 Å². The third-order valence-corrected chi connectivity index (χ3v) is 2.31. The van der Waals surface area contributed by atoms with Gasteiger partial charge in [0.05, 0.1) is 6.20 Å². The normalized spacial score (nSPS) is 10.5. The highest BCUT2D eigenvalue weighted by Gasteiger charge is 1.91. The molecule has 0 spiro atoms. The topological polar surface area (TPSA) is 42.7 Å². The number of thioether (sulfide) groups is 1. The van der Waals surface area contributed by atoms with E-state index in [-0.39, 0.29) is 0 Å². The van der Waals surface area contributed by atoms with Crippen molar-refractivity contribution < 1.29 is 0 Å². The Bertz CT molecular complexity index is 200. The van der Waals surface area contributed by atoms with Crippen molar-refractivity contribution in [2.75, 3.05) is 25.1 Å². The fourth-order valence-electron chi connectivity index (χ4n) is 1.02. The summed E-state index contributed by atoms with van der Waals surface area (Å²) in [5.74, 6) is 1.18. The summed E-state index contributed by atoms with van der Waals surface area (Å²) in [6.45, 7) is 3.10. The average Bonchev–Trinajstić information content (AvgIpc) is 2.63. The molecule has 0 atom stereocenters. The molecule has 0 bridgehead atoms. The molecule has 1 aromatic rings. The minimum absolute atomic E-state index is 0.951. The van der Waals surface area contributed by atoms with Gasteiger partial charge in [-0.25, -0.2) is 0 Å². The Kier molecular flexibility index (Phi) is 5.60. The van der Waals surface area contributed by atoms with Crippen LogP contribution in [0.1, 0.15) is 6.42 Å². The van der Waals surface area contributed by atoms with Gasteiger partial charge in [0.15, 0.2) is 0 Å². The summed E-state index contributed by atoms with van der Waals surface area (Å²) in [5, 5.41) is 11.0. The Morgan fingerprint density at radius 2 is 2.38 bits per heavy atom. The van der Waals surface area contributed by atoms with Crippen molar-refractivity contribution in [1.29, 1.82) is 0 Å². The Balaban J connectivity index is 1.90. The van der Waals surface area contributed by atoms with Crippen LogP contribution in [0.4, 0.5) is 0 Å². The lowest BCUT2D eigenvalue weighted by molar-refractivity contribution is 0.536. The van der Waals surface area contributed by atoms with Crippen molar-refractivity contribution in [3.8, 4) is 0 Å². The third kappa shape index (κ3) is 4.90. The molecule has 0 amide bonds. The zero-order valence-electron chi connectivity index (χ0n) is 7.94. The average molecular weight is 200 g/mol. The SMILES string of the molecule is CSCCNCCCn1ccnn1. The van der Waals surface area contributed by atoms with Gasteiger partial charge in [-0.3, -0.25) is 4.68 Å². The summed E-state index contributed by atoms with van der Waals surface area (Å²) in [5.41, 5.74) is 0. The number of aryl methyl sites for hydroxylation is 1. The summed E-state index contributed by atoms with van der Waals surface area (Å²) in [6, 6.07) is 0. The Morgan fingerprint density at radius 3 is 3.08 bits per heavy atom. The maximum Gasteiger partial charge on any atom is 0.0692 e. The molecule has 0 unspecified atom stereocenters. The number of aromatic nitrogens is 3. The Labute approximate surface area is 83.1 Å². The second-order valence-corrected chi connectivity index (χ2v) is 3.75. The lowest BCUT2D eigenvalue weighted by Gasteiger charge is -2.02. The van der Waals surface area contributed by atoms with E-state index in [1.54, 1.807) is 6.20 Å². The van der Waals surface area contributed by atoms with Gasteiger partial charge in [-0.2, -0.15) is 11.8 Å². The van der Waals surface area contributed by atoms with Gasteiger partial charge in [-0.05, 0) is 19.2 Å². The van der Waals surface area contributed by atoms with Gasteiger partial charge >= 0.3 is 0 Å². The first-order valence-corrected chi connectivity index (χ1v) is 5.86.